The molecule has 3 aromatic carbocycles. The summed E-state index contributed by atoms with van der Waals surface area (Å²) in [6.45, 7) is 2.60. The van der Waals surface area contributed by atoms with Crippen molar-refractivity contribution in [3.8, 4) is 5.75 Å². The van der Waals surface area contributed by atoms with Crippen molar-refractivity contribution in [2.24, 2.45) is 0 Å². The fourth-order valence-electron chi connectivity index (χ4n) is 4.51. The Hall–Kier alpha value is -4.40. The summed E-state index contributed by atoms with van der Waals surface area (Å²) in [6.07, 6.45) is 1.49. The molecule has 0 amide bonds. The molecule has 0 aliphatic rings. The number of nitrogens with zero attached hydrogens (tertiary/aromatic N) is 2. The van der Waals surface area contributed by atoms with E-state index in [-0.39, 0.29) is 41.9 Å². The largest absolute Gasteiger partial charge is 0.494 e. The normalized spacial score (nSPS) is 11.0. The molecule has 0 fully saturated rings. The average Bonchev–Trinajstić information content (AvgIpc) is 2.96. The maximum absolute atomic E-state index is 14.5. The van der Waals surface area contributed by atoms with Gasteiger partial charge in [0.15, 0.2) is 0 Å². The summed E-state index contributed by atoms with van der Waals surface area (Å²) >= 11 is 0. The van der Waals surface area contributed by atoms with Gasteiger partial charge in [-0.05, 0) is 91.4 Å². The zero-order valence-corrected chi connectivity index (χ0v) is 22.7. The van der Waals surface area contributed by atoms with Gasteiger partial charge in [0.1, 0.15) is 23.2 Å². The number of carbonyl (C=O) groups excluding carboxylic acids is 1. The molecule has 0 aliphatic carbocycles. The van der Waals surface area contributed by atoms with Crippen LogP contribution in [-0.4, -0.2) is 29.0 Å². The minimum atomic E-state index is -0.460. The smallest absolute Gasteiger partial charge is 0.305 e. The van der Waals surface area contributed by atoms with Crippen LogP contribution in [0.2, 0.25) is 0 Å². The molecule has 0 saturated heterocycles. The molecular formula is C32H31F3N2O4. The highest BCUT2D eigenvalue weighted by Gasteiger charge is 2.20. The van der Waals surface area contributed by atoms with Gasteiger partial charge in [-0.1, -0.05) is 24.3 Å². The van der Waals surface area contributed by atoms with Crippen molar-refractivity contribution >= 4 is 5.97 Å². The van der Waals surface area contributed by atoms with E-state index in [1.54, 1.807) is 43.3 Å². The molecule has 0 spiro atoms. The Kier molecular flexibility index (Phi) is 10.3. The van der Waals surface area contributed by atoms with Crippen molar-refractivity contribution in [1.82, 2.24) is 9.78 Å². The van der Waals surface area contributed by atoms with Gasteiger partial charge in [0.05, 0.1) is 24.8 Å². The van der Waals surface area contributed by atoms with Crippen LogP contribution in [0.15, 0.2) is 83.7 Å². The molecule has 1 heterocycles. The van der Waals surface area contributed by atoms with Gasteiger partial charge in [0.25, 0.3) is 5.56 Å². The lowest BCUT2D eigenvalue weighted by molar-refractivity contribution is -0.143. The van der Waals surface area contributed by atoms with Crippen molar-refractivity contribution in [1.29, 1.82) is 0 Å². The van der Waals surface area contributed by atoms with Gasteiger partial charge in [-0.25, -0.2) is 17.9 Å². The summed E-state index contributed by atoms with van der Waals surface area (Å²) in [5.74, 6) is -1.41. The lowest BCUT2D eigenvalue weighted by atomic mass is 9.88. The summed E-state index contributed by atoms with van der Waals surface area (Å²) in [5.41, 5.74) is 2.12. The van der Waals surface area contributed by atoms with Gasteiger partial charge < -0.3 is 9.47 Å². The fraction of sp³-hybridized carbons (Fsp3) is 0.281. The SMILES string of the molecule is CCOC(=O)CCCOc1ccc(F)c(CCCn2nc(C(c3ccc(F)cc3)c3ccc(F)cc3)ccc2=O)c1. The van der Waals surface area contributed by atoms with Crippen LogP contribution in [0.1, 0.15) is 54.5 Å². The number of halogens is 3. The van der Waals surface area contributed by atoms with Crippen LogP contribution in [0.5, 0.6) is 5.75 Å². The summed E-state index contributed by atoms with van der Waals surface area (Å²) in [6, 6.07) is 19.4. The Morgan fingerprint density at radius 1 is 0.878 bits per heavy atom. The molecule has 41 heavy (non-hydrogen) atoms. The van der Waals surface area contributed by atoms with Crippen LogP contribution in [0.25, 0.3) is 0 Å². The highest BCUT2D eigenvalue weighted by Crippen LogP contribution is 2.30. The number of ether oxygens (including phenoxy) is 2. The van der Waals surface area contributed by atoms with Crippen LogP contribution in [0.4, 0.5) is 13.2 Å². The monoisotopic (exact) mass is 564 g/mol. The molecule has 0 N–H and O–H groups in total. The van der Waals surface area contributed by atoms with Crippen LogP contribution in [-0.2, 0) is 22.5 Å². The van der Waals surface area contributed by atoms with Crippen LogP contribution < -0.4 is 10.3 Å². The number of hydrogen-bond donors (Lipinski definition) is 0. The number of esters is 1. The zero-order chi connectivity index (χ0) is 29.2. The second kappa shape index (κ2) is 14.3. The number of rotatable bonds is 13. The van der Waals surface area contributed by atoms with Gasteiger partial charge in [0, 0.05) is 19.0 Å². The Morgan fingerprint density at radius 3 is 2.17 bits per heavy atom. The maximum Gasteiger partial charge on any atom is 0.305 e. The minimum absolute atomic E-state index is 0.232. The van der Waals surface area contributed by atoms with Crippen molar-refractivity contribution in [2.75, 3.05) is 13.2 Å². The van der Waals surface area contributed by atoms with Gasteiger partial charge in [0.2, 0.25) is 0 Å². The Labute approximate surface area is 236 Å². The molecule has 6 nitrogen and oxygen atoms in total. The summed E-state index contributed by atoms with van der Waals surface area (Å²) in [4.78, 5) is 24.1. The number of carbonyl (C=O) groups is 1. The van der Waals surface area contributed by atoms with E-state index in [4.69, 9.17) is 9.47 Å². The van der Waals surface area contributed by atoms with E-state index in [0.717, 1.165) is 11.1 Å². The lowest BCUT2D eigenvalue weighted by Crippen LogP contribution is -2.24. The third-order valence-electron chi connectivity index (χ3n) is 6.52. The first kappa shape index (κ1) is 29.6. The van der Waals surface area contributed by atoms with E-state index in [0.29, 0.717) is 49.5 Å². The van der Waals surface area contributed by atoms with Crippen molar-refractivity contribution in [2.45, 2.75) is 45.1 Å². The first-order chi connectivity index (χ1) is 19.8. The molecule has 214 valence electrons. The van der Waals surface area contributed by atoms with Gasteiger partial charge in [-0.3, -0.25) is 9.59 Å². The molecule has 0 aliphatic heterocycles. The number of aromatic nitrogens is 2. The van der Waals surface area contributed by atoms with E-state index in [9.17, 15) is 22.8 Å². The molecular weight excluding hydrogens is 533 g/mol. The molecule has 4 rings (SSSR count). The van der Waals surface area contributed by atoms with Crippen molar-refractivity contribution < 1.29 is 27.4 Å². The van der Waals surface area contributed by atoms with E-state index in [2.05, 4.69) is 5.10 Å². The molecule has 0 radical (unpaired) electrons. The van der Waals surface area contributed by atoms with Crippen LogP contribution in [0.3, 0.4) is 0 Å². The fourth-order valence-corrected chi connectivity index (χ4v) is 4.51. The van der Waals surface area contributed by atoms with Crippen LogP contribution in [0, 0.1) is 17.5 Å². The first-order valence-electron chi connectivity index (χ1n) is 13.5. The number of aryl methyl sites for hydroxylation is 2. The van der Waals surface area contributed by atoms with Gasteiger partial charge in [-0.15, -0.1) is 0 Å². The second-order valence-electron chi connectivity index (χ2n) is 9.47. The minimum Gasteiger partial charge on any atom is -0.494 e. The topological polar surface area (TPSA) is 70.4 Å². The number of benzene rings is 3. The molecule has 0 atom stereocenters. The quantitative estimate of drug-likeness (QED) is 0.143. The molecule has 4 aromatic rings. The zero-order valence-electron chi connectivity index (χ0n) is 22.7. The predicted molar refractivity (Wildman–Crippen MR) is 148 cm³/mol. The van der Waals surface area contributed by atoms with Gasteiger partial charge >= 0.3 is 5.97 Å². The highest BCUT2D eigenvalue weighted by molar-refractivity contribution is 5.69. The highest BCUT2D eigenvalue weighted by atomic mass is 19.1. The summed E-state index contributed by atoms with van der Waals surface area (Å²) < 4.78 is 53.6. The lowest BCUT2D eigenvalue weighted by Gasteiger charge is -2.19. The first-order valence-corrected chi connectivity index (χ1v) is 13.5. The Bertz CT molecular complexity index is 1460. The summed E-state index contributed by atoms with van der Waals surface area (Å²) in [7, 11) is 0. The maximum atomic E-state index is 14.5. The Morgan fingerprint density at radius 2 is 1.54 bits per heavy atom. The molecule has 9 heteroatoms. The van der Waals surface area contributed by atoms with Crippen molar-refractivity contribution in [3.63, 3.8) is 0 Å². The average molecular weight is 565 g/mol. The third kappa shape index (κ3) is 8.30. The molecule has 0 unspecified atom stereocenters. The van der Waals surface area contributed by atoms with E-state index >= 15 is 0 Å². The van der Waals surface area contributed by atoms with Crippen molar-refractivity contribution in [3.05, 3.63) is 129 Å². The second-order valence-corrected chi connectivity index (χ2v) is 9.47. The number of hydrogen-bond acceptors (Lipinski definition) is 5. The predicted octanol–water partition coefficient (Wildman–Crippen LogP) is 6.20. The van der Waals surface area contributed by atoms with Crippen LogP contribution >= 0.6 is 0 Å². The van der Waals surface area contributed by atoms with Gasteiger partial charge in [-0.2, -0.15) is 5.10 Å². The molecule has 0 bridgehead atoms. The molecule has 1 aromatic heterocycles. The standard InChI is InChI=1S/C32H31F3N2O4/c1-2-40-31(39)6-4-20-41-27-15-16-28(35)24(21-27)5-3-19-37-30(38)18-17-29(36-37)32(22-7-11-25(33)12-8-22)23-9-13-26(34)14-10-23/h7-18,21,32H,2-6,19-20H2,1H3. The molecule has 0 saturated carbocycles. The third-order valence-corrected chi connectivity index (χ3v) is 6.52. The Balaban J connectivity index is 1.45. The van der Waals surface area contributed by atoms with E-state index < -0.39 is 5.92 Å². The van der Waals surface area contributed by atoms with E-state index in [1.807, 2.05) is 0 Å². The summed E-state index contributed by atoms with van der Waals surface area (Å²) in [5, 5.41) is 4.58. The van der Waals surface area contributed by atoms with E-state index in [1.165, 1.54) is 47.1 Å².